The van der Waals surface area contributed by atoms with E-state index in [1.165, 1.54) is 12.8 Å². The van der Waals surface area contributed by atoms with Gasteiger partial charge in [0.05, 0.1) is 6.61 Å². The average Bonchev–Trinajstić information content (AvgIpc) is 2.98. The fourth-order valence-electron chi connectivity index (χ4n) is 2.30. The number of rotatable bonds is 5. The third-order valence-electron chi connectivity index (χ3n) is 3.27. The number of hydrogen-bond acceptors (Lipinski definition) is 3. The number of nitrogens with zero attached hydrogens (tertiary/aromatic N) is 2. The van der Waals surface area contributed by atoms with Crippen molar-refractivity contribution in [3.63, 3.8) is 0 Å². The Bertz CT molecular complexity index is 408. The van der Waals surface area contributed by atoms with Crippen molar-refractivity contribution in [1.82, 2.24) is 15.1 Å². The number of ether oxygens (including phenoxy) is 1. The Morgan fingerprint density at radius 1 is 1.50 bits per heavy atom. The van der Waals surface area contributed by atoms with Gasteiger partial charge < -0.3 is 10.1 Å². The monoisotopic (exact) mass is 251 g/mol. The highest BCUT2D eigenvalue weighted by Crippen LogP contribution is 2.20. The van der Waals surface area contributed by atoms with Crippen LogP contribution < -0.4 is 10.1 Å². The Morgan fingerprint density at radius 2 is 2.22 bits per heavy atom. The van der Waals surface area contributed by atoms with E-state index in [-0.39, 0.29) is 5.91 Å². The lowest BCUT2D eigenvalue weighted by atomic mass is 10.2. The molecular weight excluding hydrogens is 230 g/mol. The second kappa shape index (κ2) is 5.89. The van der Waals surface area contributed by atoms with E-state index in [4.69, 9.17) is 4.74 Å². The lowest BCUT2D eigenvalue weighted by Crippen LogP contribution is -2.32. The minimum atomic E-state index is -0.0648. The van der Waals surface area contributed by atoms with Gasteiger partial charge in [-0.3, -0.25) is 9.48 Å². The number of nitrogens with one attached hydrogen (secondary N) is 1. The Morgan fingerprint density at radius 3 is 2.83 bits per heavy atom. The third-order valence-corrected chi connectivity index (χ3v) is 3.27. The number of hydrogen-bond donors (Lipinski definition) is 1. The first kappa shape index (κ1) is 12.9. The second-order valence-electron chi connectivity index (χ2n) is 4.59. The standard InChI is InChI=1S/C13H21N3O2/c1-3-16-9-11(13(15-16)18-4-2)12(17)14-10-7-5-6-8-10/h9-10H,3-8H2,1-2H3,(H,14,17). The molecular formula is C13H21N3O2. The van der Waals surface area contributed by atoms with E-state index >= 15 is 0 Å². The molecule has 0 radical (unpaired) electrons. The Kier molecular flexibility index (Phi) is 4.23. The molecule has 1 aliphatic carbocycles. The molecule has 1 aromatic rings. The van der Waals surface area contributed by atoms with E-state index in [9.17, 15) is 4.79 Å². The summed E-state index contributed by atoms with van der Waals surface area (Å²) in [5.74, 6) is 0.375. The van der Waals surface area contributed by atoms with Gasteiger partial charge in [0.25, 0.3) is 5.91 Å². The number of carbonyl (C=O) groups excluding carboxylic acids is 1. The molecule has 0 aliphatic heterocycles. The SMILES string of the molecule is CCOc1nn(CC)cc1C(=O)NC1CCCC1. The van der Waals surface area contributed by atoms with Gasteiger partial charge >= 0.3 is 0 Å². The summed E-state index contributed by atoms with van der Waals surface area (Å²) in [5.41, 5.74) is 0.547. The lowest BCUT2D eigenvalue weighted by molar-refractivity contribution is 0.0934. The van der Waals surface area contributed by atoms with Crippen LogP contribution in [0.15, 0.2) is 6.20 Å². The maximum absolute atomic E-state index is 12.2. The fourth-order valence-corrected chi connectivity index (χ4v) is 2.30. The van der Waals surface area contributed by atoms with Crippen molar-refractivity contribution in [2.24, 2.45) is 0 Å². The van der Waals surface area contributed by atoms with Crippen LogP contribution in [0.4, 0.5) is 0 Å². The molecule has 1 aliphatic rings. The van der Waals surface area contributed by atoms with Gasteiger partial charge in [0.2, 0.25) is 5.88 Å². The molecule has 0 atom stereocenters. The molecule has 2 rings (SSSR count). The molecule has 100 valence electrons. The summed E-state index contributed by atoms with van der Waals surface area (Å²) in [7, 11) is 0. The Hall–Kier alpha value is -1.52. The molecule has 1 saturated carbocycles. The fraction of sp³-hybridized carbons (Fsp3) is 0.692. The topological polar surface area (TPSA) is 56.2 Å². The highest BCUT2D eigenvalue weighted by Gasteiger charge is 2.22. The predicted octanol–water partition coefficient (Wildman–Crippen LogP) is 1.97. The minimum absolute atomic E-state index is 0.0648. The van der Waals surface area contributed by atoms with Crippen LogP contribution in [0.5, 0.6) is 5.88 Å². The molecule has 0 bridgehead atoms. The van der Waals surface area contributed by atoms with Crippen molar-refractivity contribution >= 4 is 5.91 Å². The minimum Gasteiger partial charge on any atom is -0.476 e. The summed E-state index contributed by atoms with van der Waals surface area (Å²) in [4.78, 5) is 12.2. The summed E-state index contributed by atoms with van der Waals surface area (Å²) in [6, 6.07) is 0.317. The summed E-state index contributed by atoms with van der Waals surface area (Å²) in [6.45, 7) is 5.13. The van der Waals surface area contributed by atoms with Crippen LogP contribution in [0.25, 0.3) is 0 Å². The average molecular weight is 251 g/mol. The molecule has 1 aromatic heterocycles. The zero-order valence-electron chi connectivity index (χ0n) is 11.1. The van der Waals surface area contributed by atoms with Crippen molar-refractivity contribution in [1.29, 1.82) is 0 Å². The number of aromatic nitrogens is 2. The van der Waals surface area contributed by atoms with Crippen molar-refractivity contribution in [2.45, 2.75) is 52.1 Å². The van der Waals surface area contributed by atoms with Crippen molar-refractivity contribution in [2.75, 3.05) is 6.61 Å². The first-order chi connectivity index (χ1) is 8.74. The van der Waals surface area contributed by atoms with Crippen molar-refractivity contribution in [3.8, 4) is 5.88 Å². The molecule has 1 fully saturated rings. The summed E-state index contributed by atoms with van der Waals surface area (Å²) < 4.78 is 7.14. The first-order valence-corrected chi connectivity index (χ1v) is 6.75. The van der Waals surface area contributed by atoms with Gasteiger partial charge in [0.15, 0.2) is 0 Å². The van der Waals surface area contributed by atoms with Gasteiger partial charge in [-0.05, 0) is 26.7 Å². The van der Waals surface area contributed by atoms with Crippen molar-refractivity contribution in [3.05, 3.63) is 11.8 Å². The Labute approximate surface area is 108 Å². The summed E-state index contributed by atoms with van der Waals surface area (Å²) in [5, 5.41) is 7.31. The van der Waals surface area contributed by atoms with Crippen LogP contribution >= 0.6 is 0 Å². The van der Waals surface area contributed by atoms with Crippen LogP contribution in [-0.4, -0.2) is 28.3 Å². The summed E-state index contributed by atoms with van der Waals surface area (Å²) in [6.07, 6.45) is 6.33. The maximum atomic E-state index is 12.2. The van der Waals surface area contributed by atoms with Gasteiger partial charge in [-0.1, -0.05) is 12.8 Å². The van der Waals surface area contributed by atoms with E-state index in [1.54, 1.807) is 10.9 Å². The third kappa shape index (κ3) is 2.83. The molecule has 1 heterocycles. The van der Waals surface area contributed by atoms with Crippen molar-refractivity contribution < 1.29 is 9.53 Å². The number of aryl methyl sites for hydroxylation is 1. The second-order valence-corrected chi connectivity index (χ2v) is 4.59. The maximum Gasteiger partial charge on any atom is 0.258 e. The molecule has 5 heteroatoms. The van der Waals surface area contributed by atoms with E-state index in [0.717, 1.165) is 19.4 Å². The van der Waals surface area contributed by atoms with Gasteiger partial charge in [0.1, 0.15) is 5.56 Å². The smallest absolute Gasteiger partial charge is 0.258 e. The zero-order valence-corrected chi connectivity index (χ0v) is 11.1. The van der Waals surface area contributed by atoms with Crippen LogP contribution in [0.1, 0.15) is 49.9 Å². The van der Waals surface area contributed by atoms with Gasteiger partial charge in [-0.15, -0.1) is 5.10 Å². The van der Waals surface area contributed by atoms with Gasteiger partial charge in [-0.25, -0.2) is 0 Å². The number of carbonyl (C=O) groups is 1. The molecule has 1 N–H and O–H groups in total. The highest BCUT2D eigenvalue weighted by molar-refractivity contribution is 5.96. The summed E-state index contributed by atoms with van der Waals surface area (Å²) >= 11 is 0. The largest absolute Gasteiger partial charge is 0.476 e. The van der Waals surface area contributed by atoms with E-state index in [2.05, 4.69) is 10.4 Å². The van der Waals surface area contributed by atoms with E-state index in [1.807, 2.05) is 13.8 Å². The molecule has 0 aromatic carbocycles. The number of amides is 1. The molecule has 0 unspecified atom stereocenters. The van der Waals surface area contributed by atoms with Crippen LogP contribution in [-0.2, 0) is 6.54 Å². The quantitative estimate of drug-likeness (QED) is 0.870. The molecule has 5 nitrogen and oxygen atoms in total. The predicted molar refractivity (Wildman–Crippen MR) is 68.8 cm³/mol. The Balaban J connectivity index is 2.09. The molecule has 0 spiro atoms. The van der Waals surface area contributed by atoms with E-state index < -0.39 is 0 Å². The molecule has 0 saturated heterocycles. The zero-order chi connectivity index (χ0) is 13.0. The normalized spacial score (nSPS) is 15.9. The first-order valence-electron chi connectivity index (χ1n) is 6.75. The van der Waals surface area contributed by atoms with Gasteiger partial charge in [0, 0.05) is 18.8 Å². The van der Waals surface area contributed by atoms with Crippen LogP contribution in [0.2, 0.25) is 0 Å². The van der Waals surface area contributed by atoms with Crippen LogP contribution in [0, 0.1) is 0 Å². The van der Waals surface area contributed by atoms with Crippen LogP contribution in [0.3, 0.4) is 0 Å². The molecule has 18 heavy (non-hydrogen) atoms. The highest BCUT2D eigenvalue weighted by atomic mass is 16.5. The lowest BCUT2D eigenvalue weighted by Gasteiger charge is -2.11. The van der Waals surface area contributed by atoms with E-state index in [0.29, 0.717) is 24.1 Å². The van der Waals surface area contributed by atoms with Gasteiger partial charge in [-0.2, -0.15) is 0 Å². The molecule has 1 amide bonds.